The molecule has 0 aromatic heterocycles. The molecule has 0 saturated heterocycles. The van der Waals surface area contributed by atoms with Crippen molar-refractivity contribution < 1.29 is 0 Å². The molecule has 12 aromatic rings. The van der Waals surface area contributed by atoms with Gasteiger partial charge in [0.15, 0.2) is 0 Å². The summed E-state index contributed by atoms with van der Waals surface area (Å²) in [5, 5.41) is 21.4. The van der Waals surface area contributed by atoms with Crippen LogP contribution >= 0.6 is 0 Å². The molecule has 0 bridgehead atoms. The summed E-state index contributed by atoms with van der Waals surface area (Å²) in [6.07, 6.45) is 0. The fourth-order valence-electron chi connectivity index (χ4n) is 12.0. The molecule has 266 valence electrons. The molecule has 0 fully saturated rings. The standard InChI is InChI=1S/C58H34/c1-9-25-41-33(17-1)37-21-5-13-29-45(37)53-49(41)50-42-26-10-2-18-34(42)38-22-6-14-30-46(38)54(50)57(53)58-55-47-31-15-7-23-39(47)35-19-3-11-27-43(35)51(55)52-44-28-12-4-20-36(44)40-24-8-16-32-48(40)56(52)58/h1-32,57-58H. The maximum absolute atomic E-state index is 2.41. The minimum Gasteiger partial charge on any atom is -0.0616 e. The zero-order valence-corrected chi connectivity index (χ0v) is 31.6. The third-order valence-electron chi connectivity index (χ3n) is 14.0. The lowest BCUT2D eigenvalue weighted by atomic mass is 9.73. The average molecular weight is 731 g/mol. The summed E-state index contributed by atoms with van der Waals surface area (Å²) < 4.78 is 0. The van der Waals surface area contributed by atoms with Crippen LogP contribution in [0.5, 0.6) is 0 Å². The number of benzene rings is 12. The van der Waals surface area contributed by atoms with E-state index in [9.17, 15) is 0 Å². The lowest BCUT2D eigenvalue weighted by Gasteiger charge is -2.28. The Bertz CT molecular complexity index is 3310. The van der Waals surface area contributed by atoms with Crippen molar-refractivity contribution in [3.05, 3.63) is 216 Å². The van der Waals surface area contributed by atoms with Gasteiger partial charge in [0.2, 0.25) is 0 Å². The van der Waals surface area contributed by atoms with Crippen LogP contribution < -0.4 is 0 Å². The van der Waals surface area contributed by atoms with Gasteiger partial charge in [0.05, 0.1) is 0 Å². The molecule has 0 N–H and O–H groups in total. The van der Waals surface area contributed by atoms with Gasteiger partial charge < -0.3 is 0 Å². The highest BCUT2D eigenvalue weighted by Crippen LogP contribution is 2.67. The minimum absolute atomic E-state index is 0.0307. The van der Waals surface area contributed by atoms with E-state index < -0.39 is 0 Å². The van der Waals surface area contributed by atoms with Crippen molar-refractivity contribution in [1.82, 2.24) is 0 Å². The van der Waals surface area contributed by atoms with E-state index >= 15 is 0 Å². The van der Waals surface area contributed by atoms with E-state index in [2.05, 4.69) is 194 Å². The first kappa shape index (κ1) is 30.9. The molecule has 12 aromatic carbocycles. The maximum Gasteiger partial charge on any atom is 0.0225 e. The van der Waals surface area contributed by atoms with Crippen LogP contribution in [0, 0.1) is 0 Å². The fourth-order valence-corrected chi connectivity index (χ4v) is 12.0. The monoisotopic (exact) mass is 730 g/mol. The van der Waals surface area contributed by atoms with Crippen LogP contribution in [0.3, 0.4) is 0 Å². The first-order chi connectivity index (χ1) is 28.9. The van der Waals surface area contributed by atoms with E-state index in [0.717, 1.165) is 0 Å². The van der Waals surface area contributed by atoms with E-state index in [-0.39, 0.29) is 11.8 Å². The Morgan fingerprint density at radius 1 is 0.155 bits per heavy atom. The van der Waals surface area contributed by atoms with Crippen molar-refractivity contribution in [2.75, 3.05) is 0 Å². The lowest BCUT2D eigenvalue weighted by molar-refractivity contribution is 0.743. The summed E-state index contributed by atoms with van der Waals surface area (Å²) in [6, 6.07) is 73.8. The first-order valence-electron chi connectivity index (χ1n) is 20.6. The lowest BCUT2D eigenvalue weighted by Crippen LogP contribution is -2.12. The summed E-state index contributed by atoms with van der Waals surface area (Å²) in [7, 11) is 0. The van der Waals surface area contributed by atoms with Crippen LogP contribution in [0.2, 0.25) is 0 Å². The smallest absolute Gasteiger partial charge is 0.0225 e. The average Bonchev–Trinajstić information content (AvgIpc) is 3.85. The Balaban J connectivity index is 1.29. The Kier molecular flexibility index (Phi) is 5.96. The number of hydrogen-bond donors (Lipinski definition) is 0. The van der Waals surface area contributed by atoms with Crippen molar-refractivity contribution in [2.24, 2.45) is 0 Å². The second-order valence-corrected chi connectivity index (χ2v) is 16.5. The molecule has 0 unspecified atom stereocenters. The molecule has 0 atom stereocenters. The Morgan fingerprint density at radius 3 is 0.483 bits per heavy atom. The molecule has 58 heavy (non-hydrogen) atoms. The highest BCUT2D eigenvalue weighted by Gasteiger charge is 2.47. The summed E-state index contributed by atoms with van der Waals surface area (Å²) in [5.41, 5.74) is 11.5. The molecule has 0 spiro atoms. The Hall–Kier alpha value is -7.28. The van der Waals surface area contributed by atoms with E-state index in [1.807, 2.05) is 0 Å². The van der Waals surface area contributed by atoms with E-state index in [1.165, 1.54) is 131 Å². The van der Waals surface area contributed by atoms with Gasteiger partial charge in [-0.25, -0.2) is 0 Å². The van der Waals surface area contributed by atoms with Gasteiger partial charge in [0.1, 0.15) is 0 Å². The van der Waals surface area contributed by atoms with Crippen molar-refractivity contribution in [1.29, 1.82) is 0 Å². The molecule has 0 heterocycles. The van der Waals surface area contributed by atoms with Gasteiger partial charge in [-0.15, -0.1) is 0 Å². The van der Waals surface area contributed by atoms with Gasteiger partial charge in [-0.3, -0.25) is 0 Å². The third-order valence-corrected chi connectivity index (χ3v) is 14.0. The minimum atomic E-state index is 0.0307. The largest absolute Gasteiger partial charge is 0.0616 e. The molecule has 2 aliphatic rings. The van der Waals surface area contributed by atoms with E-state index in [0.29, 0.717) is 0 Å². The summed E-state index contributed by atoms with van der Waals surface area (Å²) >= 11 is 0. The zero-order chi connectivity index (χ0) is 37.6. The van der Waals surface area contributed by atoms with Gasteiger partial charge in [0, 0.05) is 11.8 Å². The van der Waals surface area contributed by atoms with Crippen LogP contribution in [-0.4, -0.2) is 0 Å². The third kappa shape index (κ3) is 3.72. The topological polar surface area (TPSA) is 0 Å². The van der Waals surface area contributed by atoms with Crippen molar-refractivity contribution in [3.63, 3.8) is 0 Å². The normalized spacial score (nSPS) is 13.7. The summed E-state index contributed by atoms with van der Waals surface area (Å²) in [5.74, 6) is 0.0614. The van der Waals surface area contributed by atoms with Crippen molar-refractivity contribution in [2.45, 2.75) is 11.8 Å². The Labute approximate surface area is 335 Å². The maximum atomic E-state index is 2.41. The van der Waals surface area contributed by atoms with Crippen molar-refractivity contribution >= 4 is 86.2 Å². The summed E-state index contributed by atoms with van der Waals surface area (Å²) in [6.45, 7) is 0. The molecule has 14 rings (SSSR count). The first-order valence-corrected chi connectivity index (χ1v) is 20.6. The number of fused-ring (bicyclic) bond motifs is 26. The van der Waals surface area contributed by atoms with Gasteiger partial charge in [-0.1, -0.05) is 194 Å². The molecule has 0 saturated carbocycles. The molecule has 2 aliphatic carbocycles. The molecule has 0 heteroatoms. The predicted molar refractivity (Wildman–Crippen MR) is 247 cm³/mol. The second kappa shape index (κ2) is 11.2. The van der Waals surface area contributed by atoms with Gasteiger partial charge in [-0.2, -0.15) is 0 Å². The van der Waals surface area contributed by atoms with Crippen LogP contribution in [0.4, 0.5) is 0 Å². The van der Waals surface area contributed by atoms with E-state index in [4.69, 9.17) is 0 Å². The zero-order valence-electron chi connectivity index (χ0n) is 31.6. The van der Waals surface area contributed by atoms with Crippen molar-refractivity contribution in [3.8, 4) is 22.3 Å². The second-order valence-electron chi connectivity index (χ2n) is 16.5. The molecule has 0 nitrogen and oxygen atoms in total. The molecular formula is C58H34. The number of hydrogen-bond acceptors (Lipinski definition) is 0. The molecule has 0 amide bonds. The molecule has 0 aliphatic heterocycles. The Morgan fingerprint density at radius 2 is 0.293 bits per heavy atom. The quantitative estimate of drug-likeness (QED) is 0.148. The van der Waals surface area contributed by atoms with Crippen LogP contribution in [0.25, 0.3) is 108 Å². The molecule has 0 radical (unpaired) electrons. The SMILES string of the molecule is c1ccc2c(c1)c1c(c3ccccc32)C(C2c3c(c4ccccc4c4ccccc34)-c3c2c2ccccc2c2ccccc32)c2c-1c1ccccc1c1ccccc21. The number of rotatable bonds is 1. The predicted octanol–water partition coefficient (Wildman–Crippen LogP) is 15.8. The molecular weight excluding hydrogens is 697 g/mol. The van der Waals surface area contributed by atoms with Crippen LogP contribution in [0.15, 0.2) is 194 Å². The van der Waals surface area contributed by atoms with E-state index in [1.54, 1.807) is 0 Å². The van der Waals surface area contributed by atoms with Crippen LogP contribution in [0.1, 0.15) is 34.1 Å². The van der Waals surface area contributed by atoms with Gasteiger partial charge in [-0.05, 0) is 131 Å². The van der Waals surface area contributed by atoms with Gasteiger partial charge in [0.25, 0.3) is 0 Å². The van der Waals surface area contributed by atoms with Gasteiger partial charge >= 0.3 is 0 Å². The summed E-state index contributed by atoms with van der Waals surface area (Å²) in [4.78, 5) is 0. The van der Waals surface area contributed by atoms with Crippen LogP contribution in [-0.2, 0) is 0 Å². The highest BCUT2D eigenvalue weighted by molar-refractivity contribution is 6.28. The fraction of sp³-hybridized carbons (Fsp3) is 0.0345. The highest BCUT2D eigenvalue weighted by atomic mass is 14.5.